The average molecular weight is 253 g/mol. The van der Waals surface area contributed by atoms with Crippen LogP contribution in [0.15, 0.2) is 18.2 Å². The van der Waals surface area contributed by atoms with Crippen LogP contribution >= 0.6 is 0 Å². The first-order chi connectivity index (χ1) is 8.56. The summed E-state index contributed by atoms with van der Waals surface area (Å²) in [6.07, 6.45) is 0.183. The number of benzene rings is 1. The van der Waals surface area contributed by atoms with E-state index in [-0.39, 0.29) is 17.7 Å². The minimum absolute atomic E-state index is 0.0333. The number of amides is 1. The molecule has 0 aromatic heterocycles. The molecule has 2 unspecified atom stereocenters. The van der Waals surface area contributed by atoms with Crippen molar-refractivity contribution in [2.24, 2.45) is 5.92 Å². The summed E-state index contributed by atoms with van der Waals surface area (Å²) < 4.78 is 26.3. The van der Waals surface area contributed by atoms with Gasteiger partial charge >= 0.3 is 0 Å². The van der Waals surface area contributed by atoms with E-state index in [4.69, 9.17) is 5.11 Å². The molecule has 1 aromatic carbocycles. The maximum absolute atomic E-state index is 13.5. The molecule has 2 atom stereocenters. The van der Waals surface area contributed by atoms with Gasteiger partial charge in [-0.1, -0.05) is 6.07 Å². The van der Waals surface area contributed by atoms with E-state index in [1.165, 1.54) is 12.1 Å². The second-order valence-electron chi connectivity index (χ2n) is 5.01. The Balaban J connectivity index is 1.68. The van der Waals surface area contributed by atoms with Crippen molar-refractivity contribution in [2.75, 3.05) is 13.1 Å². The monoisotopic (exact) mass is 253 g/mol. The Morgan fingerprint density at radius 1 is 1.33 bits per heavy atom. The van der Waals surface area contributed by atoms with Crippen molar-refractivity contribution in [3.63, 3.8) is 0 Å². The van der Waals surface area contributed by atoms with Gasteiger partial charge in [-0.25, -0.2) is 8.78 Å². The van der Waals surface area contributed by atoms with Crippen molar-refractivity contribution in [3.05, 3.63) is 35.4 Å². The molecule has 18 heavy (non-hydrogen) atoms. The van der Waals surface area contributed by atoms with Crippen molar-refractivity contribution >= 4 is 5.91 Å². The van der Waals surface area contributed by atoms with Crippen LogP contribution in [0.1, 0.15) is 17.9 Å². The average Bonchev–Trinajstić information content (AvgIpc) is 3.04. The maximum Gasteiger partial charge on any atom is 0.226 e. The van der Waals surface area contributed by atoms with E-state index in [1.54, 1.807) is 4.90 Å². The maximum atomic E-state index is 13.5. The van der Waals surface area contributed by atoms with E-state index < -0.39 is 17.7 Å². The second kappa shape index (κ2) is 4.02. The molecule has 0 spiro atoms. The van der Waals surface area contributed by atoms with Gasteiger partial charge in [0.05, 0.1) is 6.10 Å². The molecule has 5 heteroatoms. The van der Waals surface area contributed by atoms with E-state index in [0.717, 1.165) is 6.07 Å². The van der Waals surface area contributed by atoms with Gasteiger partial charge in [0.15, 0.2) is 0 Å². The normalized spacial score (nSPS) is 26.9. The Morgan fingerprint density at radius 3 is 2.67 bits per heavy atom. The second-order valence-corrected chi connectivity index (χ2v) is 5.01. The van der Waals surface area contributed by atoms with E-state index in [9.17, 15) is 13.6 Å². The number of nitrogens with zero attached hydrogens (tertiary/aromatic N) is 1. The summed E-state index contributed by atoms with van der Waals surface area (Å²) >= 11 is 0. The van der Waals surface area contributed by atoms with Crippen LogP contribution in [0.5, 0.6) is 0 Å². The topological polar surface area (TPSA) is 40.5 Å². The molecule has 1 aliphatic heterocycles. The van der Waals surface area contributed by atoms with Gasteiger partial charge in [0.25, 0.3) is 0 Å². The first-order valence-electron chi connectivity index (χ1n) is 5.98. The lowest BCUT2D eigenvalue weighted by Gasteiger charge is -2.36. The van der Waals surface area contributed by atoms with Crippen LogP contribution in [0.2, 0.25) is 0 Å². The summed E-state index contributed by atoms with van der Waals surface area (Å²) in [5.74, 6) is -1.58. The Bertz CT molecular complexity index is 500. The summed E-state index contributed by atoms with van der Waals surface area (Å²) in [5.41, 5.74) is 0.413. The molecule has 1 N–H and O–H groups in total. The third-order valence-corrected chi connectivity index (χ3v) is 3.64. The predicted molar refractivity (Wildman–Crippen MR) is 59.8 cm³/mol. The standard InChI is InChI=1S/C13H13F2NO2/c14-7-1-2-9(12(15)3-7)10-4-11(10)13(18)16-5-8(17)6-16/h1-3,8,10-11,17H,4-6H2. The summed E-state index contributed by atoms with van der Waals surface area (Å²) in [7, 11) is 0. The first kappa shape index (κ1) is 11.6. The Labute approximate surface area is 103 Å². The zero-order chi connectivity index (χ0) is 12.9. The molecule has 3 rings (SSSR count). The molecule has 1 amide bonds. The number of rotatable bonds is 2. The first-order valence-corrected chi connectivity index (χ1v) is 5.98. The molecule has 0 radical (unpaired) electrons. The van der Waals surface area contributed by atoms with Crippen LogP contribution in [-0.2, 0) is 4.79 Å². The van der Waals surface area contributed by atoms with Crippen molar-refractivity contribution in [1.82, 2.24) is 4.90 Å². The van der Waals surface area contributed by atoms with Gasteiger partial charge < -0.3 is 10.0 Å². The van der Waals surface area contributed by atoms with Crippen LogP contribution in [0.4, 0.5) is 8.78 Å². The predicted octanol–water partition coefficient (Wildman–Crippen LogP) is 1.27. The third-order valence-electron chi connectivity index (χ3n) is 3.64. The molecule has 1 aliphatic carbocycles. The summed E-state index contributed by atoms with van der Waals surface area (Å²) in [6, 6.07) is 3.47. The number of halogens is 2. The quantitative estimate of drug-likeness (QED) is 0.862. The highest BCUT2D eigenvalue weighted by molar-refractivity contribution is 5.83. The fourth-order valence-electron chi connectivity index (χ4n) is 2.48. The summed E-state index contributed by atoms with van der Waals surface area (Å²) in [4.78, 5) is 13.5. The van der Waals surface area contributed by atoms with Gasteiger partial charge in [0.2, 0.25) is 5.91 Å². The van der Waals surface area contributed by atoms with Gasteiger partial charge in [-0.3, -0.25) is 4.79 Å². The highest BCUT2D eigenvalue weighted by Gasteiger charge is 2.48. The molecule has 2 fully saturated rings. The van der Waals surface area contributed by atoms with E-state index in [2.05, 4.69) is 0 Å². The largest absolute Gasteiger partial charge is 0.389 e. The molecule has 1 saturated heterocycles. The molecular formula is C13H13F2NO2. The molecule has 1 saturated carbocycles. The Hall–Kier alpha value is -1.49. The molecule has 2 aliphatic rings. The Kier molecular flexibility index (Phi) is 2.59. The van der Waals surface area contributed by atoms with Gasteiger partial charge in [-0.15, -0.1) is 0 Å². The number of carbonyl (C=O) groups excluding carboxylic acids is 1. The number of likely N-dealkylation sites (tertiary alicyclic amines) is 1. The number of hydrogen-bond donors (Lipinski definition) is 1. The summed E-state index contributed by atoms with van der Waals surface area (Å²) in [6.45, 7) is 0.738. The fraction of sp³-hybridized carbons (Fsp3) is 0.462. The van der Waals surface area contributed by atoms with Gasteiger partial charge in [0.1, 0.15) is 11.6 Å². The molecule has 0 bridgehead atoms. The number of aliphatic hydroxyl groups is 1. The van der Waals surface area contributed by atoms with Crippen molar-refractivity contribution in [3.8, 4) is 0 Å². The molecular weight excluding hydrogens is 240 g/mol. The molecule has 1 aromatic rings. The van der Waals surface area contributed by atoms with E-state index >= 15 is 0 Å². The van der Waals surface area contributed by atoms with Crippen LogP contribution in [0.3, 0.4) is 0 Å². The lowest BCUT2D eigenvalue weighted by Crippen LogP contribution is -2.54. The van der Waals surface area contributed by atoms with Crippen molar-refractivity contribution < 1.29 is 18.7 Å². The number of aliphatic hydroxyl groups excluding tert-OH is 1. The summed E-state index contributed by atoms with van der Waals surface area (Å²) in [5, 5.41) is 9.13. The van der Waals surface area contributed by atoms with Crippen LogP contribution in [0, 0.1) is 17.6 Å². The number of β-amino-alcohol motifs (C(OH)–C–C–N with tert-alkyl or cyclic N) is 1. The zero-order valence-electron chi connectivity index (χ0n) is 9.64. The molecule has 96 valence electrons. The lowest BCUT2D eigenvalue weighted by molar-refractivity contribution is -0.142. The van der Waals surface area contributed by atoms with Gasteiger partial charge in [-0.05, 0) is 24.0 Å². The Morgan fingerprint density at radius 2 is 2.06 bits per heavy atom. The van der Waals surface area contributed by atoms with Crippen LogP contribution in [0.25, 0.3) is 0 Å². The van der Waals surface area contributed by atoms with E-state index in [0.29, 0.717) is 25.1 Å². The smallest absolute Gasteiger partial charge is 0.226 e. The minimum Gasteiger partial charge on any atom is -0.389 e. The fourth-order valence-corrected chi connectivity index (χ4v) is 2.48. The van der Waals surface area contributed by atoms with Gasteiger partial charge in [-0.2, -0.15) is 0 Å². The van der Waals surface area contributed by atoms with Crippen LogP contribution < -0.4 is 0 Å². The molecule has 1 heterocycles. The highest BCUT2D eigenvalue weighted by Crippen LogP contribution is 2.49. The minimum atomic E-state index is -0.606. The number of hydrogen-bond acceptors (Lipinski definition) is 2. The van der Waals surface area contributed by atoms with Gasteiger partial charge in [0, 0.05) is 25.1 Å². The zero-order valence-corrected chi connectivity index (χ0v) is 9.64. The number of carbonyl (C=O) groups is 1. The lowest BCUT2D eigenvalue weighted by atomic mass is 10.1. The van der Waals surface area contributed by atoms with Crippen molar-refractivity contribution in [1.29, 1.82) is 0 Å². The van der Waals surface area contributed by atoms with Crippen LogP contribution in [-0.4, -0.2) is 35.1 Å². The highest BCUT2D eigenvalue weighted by atomic mass is 19.1. The van der Waals surface area contributed by atoms with Crippen molar-refractivity contribution in [2.45, 2.75) is 18.4 Å². The SMILES string of the molecule is O=C(C1CC1c1ccc(F)cc1F)N1CC(O)C1. The third kappa shape index (κ3) is 1.88. The van der Waals surface area contributed by atoms with E-state index in [1.807, 2.05) is 0 Å². The molecule has 3 nitrogen and oxygen atoms in total.